The van der Waals surface area contributed by atoms with Gasteiger partial charge in [0.2, 0.25) is 11.0 Å². The number of hydrogen-bond acceptors (Lipinski definition) is 10. The summed E-state index contributed by atoms with van der Waals surface area (Å²) >= 11 is 8.97. The number of hydrogen-bond donors (Lipinski definition) is 2. The van der Waals surface area contributed by atoms with Crippen molar-refractivity contribution < 1.29 is 14.3 Å². The van der Waals surface area contributed by atoms with E-state index >= 15 is 0 Å². The van der Waals surface area contributed by atoms with Crippen LogP contribution in [0.2, 0.25) is 5.02 Å². The quantitative estimate of drug-likeness (QED) is 0.361. The van der Waals surface area contributed by atoms with E-state index in [4.69, 9.17) is 22.1 Å². The Bertz CT molecular complexity index is 1560. The maximum Gasteiger partial charge on any atom is 0.234 e. The topological polar surface area (TPSA) is 134 Å². The van der Waals surface area contributed by atoms with Gasteiger partial charge in [-0.25, -0.2) is 0 Å². The Kier molecular flexibility index (Phi) is 7.88. The summed E-state index contributed by atoms with van der Waals surface area (Å²) in [5.41, 5.74) is 9.28. The van der Waals surface area contributed by atoms with Crippen LogP contribution in [-0.4, -0.2) is 34.8 Å². The molecule has 39 heavy (non-hydrogen) atoms. The van der Waals surface area contributed by atoms with Crippen LogP contribution in [0.5, 0.6) is 5.75 Å². The van der Waals surface area contributed by atoms with E-state index in [0.717, 1.165) is 0 Å². The number of amides is 1. The minimum Gasteiger partial charge on any atom is -0.495 e. The predicted octanol–water partition coefficient (Wildman–Crippen LogP) is 5.24. The molecule has 1 aromatic heterocycles. The fourth-order valence-electron chi connectivity index (χ4n) is 4.74. The number of rotatable bonds is 7. The van der Waals surface area contributed by atoms with E-state index in [0.29, 0.717) is 62.0 Å². The second kappa shape index (κ2) is 11.5. The summed E-state index contributed by atoms with van der Waals surface area (Å²) in [5.74, 6) is -0.0615. The van der Waals surface area contributed by atoms with Gasteiger partial charge in [0.15, 0.2) is 10.1 Å². The van der Waals surface area contributed by atoms with Crippen LogP contribution in [0.3, 0.4) is 0 Å². The molecule has 0 saturated heterocycles. The van der Waals surface area contributed by atoms with E-state index < -0.39 is 5.92 Å². The average molecular weight is 579 g/mol. The number of nitrogens with two attached hydrogens (primary N) is 1. The number of methoxy groups -OCH3 is 1. The molecule has 1 amide bonds. The second-order valence-corrected chi connectivity index (χ2v) is 11.3. The van der Waals surface area contributed by atoms with Gasteiger partial charge in [-0.05, 0) is 36.6 Å². The maximum atomic E-state index is 13.3. The van der Waals surface area contributed by atoms with Crippen LogP contribution in [0.15, 0.2) is 75.5 Å². The lowest BCUT2D eigenvalue weighted by molar-refractivity contribution is -0.116. The van der Waals surface area contributed by atoms with Crippen molar-refractivity contribution >= 4 is 57.2 Å². The molecule has 3 N–H and O–H groups in total. The number of para-hydroxylation sites is 2. The molecule has 0 bridgehead atoms. The number of anilines is 2. The summed E-state index contributed by atoms with van der Waals surface area (Å²) in [7, 11) is 1.54. The number of nitrogens with one attached hydrogen (secondary N) is 1. The fraction of sp³-hybridized carbons (Fsp3) is 0.222. The van der Waals surface area contributed by atoms with Crippen LogP contribution in [0, 0.1) is 11.3 Å². The number of carbonyl (C=O) groups is 2. The first-order valence-electron chi connectivity index (χ1n) is 12.0. The normalized spacial score (nSPS) is 17.1. The Labute approximate surface area is 238 Å². The molecule has 2 heterocycles. The Hall–Kier alpha value is -3.85. The van der Waals surface area contributed by atoms with E-state index in [2.05, 4.69) is 21.6 Å². The third kappa shape index (κ3) is 5.23. The van der Waals surface area contributed by atoms with Gasteiger partial charge in [0, 0.05) is 22.7 Å². The van der Waals surface area contributed by atoms with Crippen molar-refractivity contribution in [1.82, 2.24) is 10.2 Å². The lowest BCUT2D eigenvalue weighted by Gasteiger charge is -2.38. The highest BCUT2D eigenvalue weighted by Gasteiger charge is 2.41. The first-order valence-corrected chi connectivity index (χ1v) is 14.2. The summed E-state index contributed by atoms with van der Waals surface area (Å²) in [6.45, 7) is 0. The van der Waals surface area contributed by atoms with Gasteiger partial charge in [-0.15, -0.1) is 10.2 Å². The maximum absolute atomic E-state index is 13.3. The minimum absolute atomic E-state index is 0.0430. The molecule has 0 fully saturated rings. The molecule has 0 radical (unpaired) electrons. The molecular formula is C27H23ClN6O3S2. The van der Waals surface area contributed by atoms with Crippen LogP contribution in [0.25, 0.3) is 0 Å². The highest BCUT2D eigenvalue weighted by atomic mass is 35.5. The Balaban J connectivity index is 1.42. The van der Waals surface area contributed by atoms with Gasteiger partial charge < -0.3 is 15.8 Å². The zero-order valence-corrected chi connectivity index (χ0v) is 23.2. The lowest BCUT2D eigenvalue weighted by atomic mass is 9.76. The van der Waals surface area contributed by atoms with Crippen molar-refractivity contribution in [2.24, 2.45) is 5.73 Å². The van der Waals surface area contributed by atoms with Crippen LogP contribution in [0.1, 0.15) is 30.7 Å². The van der Waals surface area contributed by atoms with E-state index in [1.165, 1.54) is 23.1 Å². The predicted molar refractivity (Wildman–Crippen MR) is 152 cm³/mol. The van der Waals surface area contributed by atoms with Crippen LogP contribution in [-0.2, 0) is 9.59 Å². The highest BCUT2D eigenvalue weighted by molar-refractivity contribution is 8.01. The van der Waals surface area contributed by atoms with Crippen molar-refractivity contribution in [2.45, 2.75) is 29.5 Å². The Morgan fingerprint density at radius 3 is 2.79 bits per heavy atom. The Morgan fingerprint density at radius 2 is 2.03 bits per heavy atom. The number of nitrogens with zero attached hydrogens (tertiary/aromatic N) is 4. The van der Waals surface area contributed by atoms with Gasteiger partial charge in [0.1, 0.15) is 11.6 Å². The standard InChI is InChI=1S/C27H23ClN6O3S2/c1-37-21-12-5-4-9-18(21)31-22(36)14-38-27-33-32-26(39-27)34-19-10-6-11-20(35)24(19)23(16(13-29)25(34)30)15-7-2-3-8-17(15)28/h2-5,7-9,12,23H,6,10-11,14,30H2,1H3,(H,31,36). The molecule has 0 saturated carbocycles. The zero-order valence-electron chi connectivity index (χ0n) is 20.8. The van der Waals surface area contributed by atoms with Gasteiger partial charge in [-0.1, -0.05) is 65.0 Å². The second-order valence-electron chi connectivity index (χ2n) is 8.73. The summed E-state index contributed by atoms with van der Waals surface area (Å²) < 4.78 is 5.82. The van der Waals surface area contributed by atoms with Crippen molar-refractivity contribution in [1.29, 1.82) is 5.26 Å². The molecule has 9 nitrogen and oxygen atoms in total. The number of Topliss-reactive ketones (excluding diaryl/α,β-unsaturated/α-hetero) is 1. The first-order chi connectivity index (χ1) is 18.9. The number of aromatic nitrogens is 2. The first kappa shape index (κ1) is 26.7. The molecule has 12 heteroatoms. The van der Waals surface area contributed by atoms with Crippen molar-refractivity contribution in [2.75, 3.05) is 23.1 Å². The number of thioether (sulfide) groups is 1. The number of ketones is 1. The molecule has 3 aromatic rings. The van der Waals surface area contributed by atoms with Crippen molar-refractivity contribution in [3.8, 4) is 11.8 Å². The molecule has 2 aromatic carbocycles. The molecule has 1 aliphatic heterocycles. The number of nitriles is 1. The molecule has 1 atom stereocenters. The third-order valence-corrected chi connectivity index (χ3v) is 8.81. The SMILES string of the molecule is COc1ccccc1NC(=O)CSc1nnc(N2C(N)=C(C#N)C(c3ccccc3Cl)C3=C2CCCC3=O)s1. The molecule has 1 unspecified atom stereocenters. The largest absolute Gasteiger partial charge is 0.495 e. The van der Waals surface area contributed by atoms with E-state index in [-0.39, 0.29) is 28.8 Å². The van der Waals surface area contributed by atoms with Crippen molar-refractivity contribution in [3.63, 3.8) is 0 Å². The lowest BCUT2D eigenvalue weighted by Crippen LogP contribution is -2.38. The monoisotopic (exact) mass is 578 g/mol. The van der Waals surface area contributed by atoms with Crippen LogP contribution in [0.4, 0.5) is 10.8 Å². The number of benzene rings is 2. The van der Waals surface area contributed by atoms with Gasteiger partial charge in [0.05, 0.1) is 36.1 Å². The number of ether oxygens (including phenoxy) is 1. The van der Waals surface area contributed by atoms with Crippen LogP contribution < -0.4 is 20.7 Å². The Morgan fingerprint density at radius 1 is 1.26 bits per heavy atom. The smallest absolute Gasteiger partial charge is 0.234 e. The van der Waals surface area contributed by atoms with E-state index in [1.54, 1.807) is 36.3 Å². The molecule has 0 spiro atoms. The van der Waals surface area contributed by atoms with E-state index in [1.807, 2.05) is 24.3 Å². The highest BCUT2D eigenvalue weighted by Crippen LogP contribution is 2.48. The van der Waals surface area contributed by atoms with Gasteiger partial charge in [0.25, 0.3) is 0 Å². The molecule has 2 aliphatic rings. The molecule has 1 aliphatic carbocycles. The minimum atomic E-state index is -0.650. The summed E-state index contributed by atoms with van der Waals surface area (Å²) in [6.07, 6.45) is 1.62. The number of halogens is 1. The summed E-state index contributed by atoms with van der Waals surface area (Å²) in [6, 6.07) is 16.5. The average Bonchev–Trinajstić information content (AvgIpc) is 3.40. The summed E-state index contributed by atoms with van der Waals surface area (Å²) in [4.78, 5) is 27.5. The summed E-state index contributed by atoms with van der Waals surface area (Å²) in [5, 5.41) is 22.4. The zero-order chi connectivity index (χ0) is 27.5. The molecular weight excluding hydrogens is 556 g/mol. The number of carbonyl (C=O) groups excluding carboxylic acids is 2. The van der Waals surface area contributed by atoms with Crippen molar-refractivity contribution in [3.05, 3.63) is 81.8 Å². The third-order valence-electron chi connectivity index (χ3n) is 6.42. The molecule has 198 valence electrons. The van der Waals surface area contributed by atoms with E-state index in [9.17, 15) is 14.9 Å². The number of allylic oxidation sites excluding steroid dienone is 3. The van der Waals surface area contributed by atoms with Gasteiger partial charge in [-0.3, -0.25) is 14.5 Å². The van der Waals surface area contributed by atoms with Gasteiger partial charge >= 0.3 is 0 Å². The van der Waals surface area contributed by atoms with Gasteiger partial charge in [-0.2, -0.15) is 5.26 Å². The van der Waals surface area contributed by atoms with Crippen LogP contribution >= 0.6 is 34.7 Å². The fourth-order valence-corrected chi connectivity index (χ4v) is 6.66. The molecule has 5 rings (SSSR count).